The van der Waals surface area contributed by atoms with Crippen molar-refractivity contribution < 1.29 is 0 Å². The highest BCUT2D eigenvalue weighted by Crippen LogP contribution is 2.25. The molecule has 100 valence electrons. The van der Waals surface area contributed by atoms with Crippen LogP contribution in [-0.2, 0) is 0 Å². The Balaban J connectivity index is 1.69. The standard InChI is InChI=1S/C14H29N3/c1-14(2,12-15-11-13-5-4-6-13)17-9-7-16(3)8-10-17/h13,15H,4-12H2,1-3H3. The average Bonchev–Trinajstić information content (AvgIpc) is 2.22. The fourth-order valence-electron chi connectivity index (χ4n) is 2.80. The lowest BCUT2D eigenvalue weighted by atomic mass is 9.85. The van der Waals surface area contributed by atoms with E-state index in [0.29, 0.717) is 5.54 Å². The van der Waals surface area contributed by atoms with Gasteiger partial charge in [0.15, 0.2) is 0 Å². The van der Waals surface area contributed by atoms with Gasteiger partial charge in [0.05, 0.1) is 0 Å². The van der Waals surface area contributed by atoms with Crippen molar-refractivity contribution in [1.29, 1.82) is 0 Å². The molecule has 1 heterocycles. The molecule has 1 N–H and O–H groups in total. The summed E-state index contributed by atoms with van der Waals surface area (Å²) in [4.78, 5) is 5.06. The molecule has 1 saturated heterocycles. The maximum absolute atomic E-state index is 3.68. The van der Waals surface area contributed by atoms with Gasteiger partial charge in [0.2, 0.25) is 0 Å². The topological polar surface area (TPSA) is 18.5 Å². The number of nitrogens with zero attached hydrogens (tertiary/aromatic N) is 2. The van der Waals surface area contributed by atoms with Gasteiger partial charge < -0.3 is 10.2 Å². The van der Waals surface area contributed by atoms with Crippen molar-refractivity contribution in [2.45, 2.75) is 38.6 Å². The average molecular weight is 239 g/mol. The minimum absolute atomic E-state index is 0.311. The van der Waals surface area contributed by atoms with Gasteiger partial charge in [-0.2, -0.15) is 0 Å². The highest BCUT2D eigenvalue weighted by molar-refractivity contribution is 4.87. The van der Waals surface area contributed by atoms with Crippen LogP contribution in [0.5, 0.6) is 0 Å². The van der Waals surface area contributed by atoms with Gasteiger partial charge in [0.1, 0.15) is 0 Å². The van der Waals surface area contributed by atoms with E-state index in [1.54, 1.807) is 0 Å². The van der Waals surface area contributed by atoms with E-state index in [0.717, 1.165) is 12.5 Å². The molecule has 2 aliphatic rings. The molecule has 0 amide bonds. The first-order valence-electron chi connectivity index (χ1n) is 7.22. The van der Waals surface area contributed by atoms with Gasteiger partial charge in [-0.3, -0.25) is 4.90 Å². The Morgan fingerprint density at radius 1 is 1.12 bits per heavy atom. The first kappa shape index (κ1) is 13.3. The molecule has 17 heavy (non-hydrogen) atoms. The molecule has 0 aromatic carbocycles. The molecule has 2 fully saturated rings. The van der Waals surface area contributed by atoms with Crippen molar-refractivity contribution in [3.63, 3.8) is 0 Å². The summed E-state index contributed by atoms with van der Waals surface area (Å²) in [6.07, 6.45) is 4.35. The Hall–Kier alpha value is -0.120. The molecule has 0 bridgehead atoms. The Morgan fingerprint density at radius 3 is 2.29 bits per heavy atom. The third kappa shape index (κ3) is 3.67. The van der Waals surface area contributed by atoms with E-state index in [2.05, 4.69) is 36.0 Å². The van der Waals surface area contributed by atoms with Crippen molar-refractivity contribution >= 4 is 0 Å². The molecule has 0 atom stereocenters. The molecule has 0 aromatic heterocycles. The van der Waals surface area contributed by atoms with Crippen LogP contribution in [0.15, 0.2) is 0 Å². The van der Waals surface area contributed by atoms with Crippen LogP contribution in [0.3, 0.4) is 0 Å². The molecular formula is C14H29N3. The van der Waals surface area contributed by atoms with Crippen LogP contribution in [0.1, 0.15) is 33.1 Å². The number of hydrogen-bond acceptors (Lipinski definition) is 3. The number of likely N-dealkylation sites (N-methyl/N-ethyl adjacent to an activating group) is 1. The number of nitrogens with one attached hydrogen (secondary N) is 1. The van der Waals surface area contributed by atoms with E-state index >= 15 is 0 Å². The molecule has 1 aliphatic carbocycles. The molecule has 3 nitrogen and oxygen atoms in total. The maximum atomic E-state index is 3.68. The van der Waals surface area contributed by atoms with Crippen LogP contribution in [0.4, 0.5) is 0 Å². The Bertz CT molecular complexity index is 228. The van der Waals surface area contributed by atoms with Crippen LogP contribution in [0.25, 0.3) is 0 Å². The number of piperazine rings is 1. The molecule has 2 rings (SSSR count). The molecule has 0 unspecified atom stereocenters. The summed E-state index contributed by atoms with van der Waals surface area (Å²) in [5.41, 5.74) is 0.311. The molecule has 0 radical (unpaired) electrons. The number of hydrogen-bond donors (Lipinski definition) is 1. The molecule has 1 saturated carbocycles. The summed E-state index contributed by atoms with van der Waals surface area (Å²) in [6.45, 7) is 12.0. The SMILES string of the molecule is CN1CCN(C(C)(C)CNCC2CCC2)CC1. The third-order valence-electron chi connectivity index (χ3n) is 4.57. The second kappa shape index (κ2) is 5.68. The highest BCUT2D eigenvalue weighted by atomic mass is 15.3. The lowest BCUT2D eigenvalue weighted by Gasteiger charge is -2.43. The highest BCUT2D eigenvalue weighted by Gasteiger charge is 2.29. The third-order valence-corrected chi connectivity index (χ3v) is 4.57. The normalized spacial score (nSPS) is 24.9. The van der Waals surface area contributed by atoms with E-state index in [-0.39, 0.29) is 0 Å². The predicted octanol–water partition coefficient (Wildman–Crippen LogP) is 1.40. The first-order valence-corrected chi connectivity index (χ1v) is 7.22. The largest absolute Gasteiger partial charge is 0.315 e. The zero-order chi connectivity index (χ0) is 12.3. The van der Waals surface area contributed by atoms with Crippen LogP contribution in [-0.4, -0.2) is 61.7 Å². The Morgan fingerprint density at radius 2 is 1.76 bits per heavy atom. The maximum Gasteiger partial charge on any atom is 0.0278 e. The molecule has 1 aliphatic heterocycles. The second-order valence-corrected chi connectivity index (χ2v) is 6.53. The summed E-state index contributed by atoms with van der Waals surface area (Å²) in [6, 6.07) is 0. The van der Waals surface area contributed by atoms with Crippen LogP contribution in [0.2, 0.25) is 0 Å². The van der Waals surface area contributed by atoms with Gasteiger partial charge in [0, 0.05) is 38.3 Å². The smallest absolute Gasteiger partial charge is 0.0278 e. The summed E-state index contributed by atoms with van der Waals surface area (Å²) in [7, 11) is 2.22. The molecular weight excluding hydrogens is 210 g/mol. The van der Waals surface area contributed by atoms with Crippen LogP contribution in [0, 0.1) is 5.92 Å². The van der Waals surface area contributed by atoms with E-state index < -0.39 is 0 Å². The van der Waals surface area contributed by atoms with Gasteiger partial charge >= 0.3 is 0 Å². The van der Waals surface area contributed by atoms with Gasteiger partial charge in [-0.1, -0.05) is 6.42 Å². The fourth-order valence-corrected chi connectivity index (χ4v) is 2.80. The van der Waals surface area contributed by atoms with E-state index in [1.165, 1.54) is 52.0 Å². The van der Waals surface area contributed by atoms with Crippen molar-refractivity contribution in [1.82, 2.24) is 15.1 Å². The Kier molecular flexibility index (Phi) is 4.45. The van der Waals surface area contributed by atoms with Crippen LogP contribution < -0.4 is 5.32 Å². The van der Waals surface area contributed by atoms with Gasteiger partial charge in [-0.15, -0.1) is 0 Å². The summed E-state index contributed by atoms with van der Waals surface area (Å²) in [5.74, 6) is 0.971. The summed E-state index contributed by atoms with van der Waals surface area (Å²) in [5, 5.41) is 3.68. The van der Waals surface area contributed by atoms with Gasteiger partial charge in [-0.25, -0.2) is 0 Å². The zero-order valence-corrected chi connectivity index (χ0v) is 11.8. The monoisotopic (exact) mass is 239 g/mol. The fraction of sp³-hybridized carbons (Fsp3) is 1.00. The summed E-state index contributed by atoms with van der Waals surface area (Å²) >= 11 is 0. The Labute approximate surface area is 107 Å². The number of rotatable bonds is 5. The molecule has 0 aromatic rings. The lowest BCUT2D eigenvalue weighted by Crippen LogP contribution is -2.57. The van der Waals surface area contributed by atoms with Crippen molar-refractivity contribution in [2.24, 2.45) is 5.92 Å². The van der Waals surface area contributed by atoms with Gasteiger partial charge in [0.25, 0.3) is 0 Å². The van der Waals surface area contributed by atoms with Crippen LogP contribution >= 0.6 is 0 Å². The second-order valence-electron chi connectivity index (χ2n) is 6.53. The molecule has 3 heteroatoms. The van der Waals surface area contributed by atoms with Gasteiger partial charge in [-0.05, 0) is 46.2 Å². The van der Waals surface area contributed by atoms with Crippen molar-refractivity contribution in [2.75, 3.05) is 46.3 Å². The van der Waals surface area contributed by atoms with E-state index in [1.807, 2.05) is 0 Å². The van der Waals surface area contributed by atoms with E-state index in [9.17, 15) is 0 Å². The minimum Gasteiger partial charge on any atom is -0.315 e. The first-order chi connectivity index (χ1) is 8.08. The minimum atomic E-state index is 0.311. The predicted molar refractivity (Wildman–Crippen MR) is 73.4 cm³/mol. The molecule has 0 spiro atoms. The summed E-state index contributed by atoms with van der Waals surface area (Å²) < 4.78 is 0. The van der Waals surface area contributed by atoms with E-state index in [4.69, 9.17) is 0 Å². The zero-order valence-electron chi connectivity index (χ0n) is 11.8. The van der Waals surface area contributed by atoms with Crippen molar-refractivity contribution in [3.8, 4) is 0 Å². The quantitative estimate of drug-likeness (QED) is 0.782. The lowest BCUT2D eigenvalue weighted by molar-refractivity contribution is 0.0607. The van der Waals surface area contributed by atoms with Crippen molar-refractivity contribution in [3.05, 3.63) is 0 Å².